The third-order valence-electron chi connectivity index (χ3n) is 2.18. The van der Waals surface area contributed by atoms with Crippen LogP contribution in [-0.4, -0.2) is 52.3 Å². The molecule has 0 saturated heterocycles. The van der Waals surface area contributed by atoms with E-state index in [9.17, 15) is 9.59 Å². The number of likely N-dealkylation sites (N-methyl/N-ethyl adjacent to an activating group) is 2. The summed E-state index contributed by atoms with van der Waals surface area (Å²) in [6.45, 7) is 0.344. The van der Waals surface area contributed by atoms with Gasteiger partial charge in [0.15, 0.2) is 0 Å². The quantitative estimate of drug-likeness (QED) is 0.615. The summed E-state index contributed by atoms with van der Waals surface area (Å²) in [5.74, 6) is -0.441. The molecule has 2 amide bonds. The van der Waals surface area contributed by atoms with Gasteiger partial charge in [0.2, 0.25) is 11.8 Å². The Bertz CT molecular complexity index is 402. The number of carbonyl (C=O) groups excluding carboxylic acids is 2. The molecule has 0 aliphatic carbocycles. The van der Waals surface area contributed by atoms with Crippen molar-refractivity contribution < 1.29 is 9.59 Å². The Morgan fingerprint density at radius 2 is 2.29 bits per heavy atom. The maximum Gasteiger partial charge on any atom is 0.244 e. The van der Waals surface area contributed by atoms with Crippen molar-refractivity contribution in [1.29, 1.82) is 0 Å². The molecule has 0 atom stereocenters. The molecule has 8 heteroatoms. The number of amides is 2. The molecule has 0 fully saturated rings. The number of nitrogens with zero attached hydrogens (tertiary/aromatic N) is 4. The van der Waals surface area contributed by atoms with E-state index in [2.05, 4.69) is 15.6 Å². The Labute approximate surface area is 98.8 Å². The summed E-state index contributed by atoms with van der Waals surface area (Å²) in [4.78, 5) is 24.1. The first-order chi connectivity index (χ1) is 8.06. The first-order valence-electron chi connectivity index (χ1n) is 5.10. The molecule has 0 aliphatic rings. The van der Waals surface area contributed by atoms with E-state index < -0.39 is 0 Å². The first-order valence-corrected chi connectivity index (χ1v) is 5.10. The third-order valence-corrected chi connectivity index (χ3v) is 2.18. The normalized spacial score (nSPS) is 10.1. The van der Waals surface area contributed by atoms with Gasteiger partial charge in [-0.1, -0.05) is 5.21 Å². The number of aromatic nitrogens is 3. The third kappa shape index (κ3) is 3.83. The van der Waals surface area contributed by atoms with Gasteiger partial charge in [-0.3, -0.25) is 9.59 Å². The van der Waals surface area contributed by atoms with Crippen molar-refractivity contribution >= 4 is 11.8 Å². The molecule has 94 valence electrons. The summed E-state index contributed by atoms with van der Waals surface area (Å²) in [5.41, 5.74) is 5.99. The maximum absolute atomic E-state index is 11.7. The average molecular weight is 240 g/mol. The second-order valence-electron chi connectivity index (χ2n) is 3.53. The molecule has 0 bridgehead atoms. The molecule has 0 spiro atoms. The number of hydrogen-bond donors (Lipinski definition) is 2. The van der Waals surface area contributed by atoms with Crippen LogP contribution < -0.4 is 11.1 Å². The van der Waals surface area contributed by atoms with E-state index in [0.29, 0.717) is 5.69 Å². The Morgan fingerprint density at radius 3 is 2.82 bits per heavy atom. The van der Waals surface area contributed by atoms with Gasteiger partial charge in [-0.05, 0) is 0 Å². The molecule has 0 aliphatic heterocycles. The van der Waals surface area contributed by atoms with E-state index in [4.69, 9.17) is 5.73 Å². The van der Waals surface area contributed by atoms with Crippen molar-refractivity contribution in [3.63, 3.8) is 0 Å². The van der Waals surface area contributed by atoms with Crippen molar-refractivity contribution in [2.24, 2.45) is 5.73 Å². The molecule has 0 aromatic carbocycles. The highest BCUT2D eigenvalue weighted by Gasteiger charge is 2.13. The maximum atomic E-state index is 11.7. The van der Waals surface area contributed by atoms with Gasteiger partial charge in [0.25, 0.3) is 0 Å². The van der Waals surface area contributed by atoms with E-state index in [1.165, 1.54) is 16.6 Å². The highest BCUT2D eigenvalue weighted by atomic mass is 16.2. The van der Waals surface area contributed by atoms with Crippen molar-refractivity contribution in [2.45, 2.75) is 13.1 Å². The number of nitrogens with one attached hydrogen (secondary N) is 1. The van der Waals surface area contributed by atoms with Gasteiger partial charge in [-0.2, -0.15) is 0 Å². The second kappa shape index (κ2) is 5.94. The molecule has 0 radical (unpaired) electrons. The zero-order valence-electron chi connectivity index (χ0n) is 9.88. The van der Waals surface area contributed by atoms with Gasteiger partial charge in [-0.25, -0.2) is 4.68 Å². The predicted molar refractivity (Wildman–Crippen MR) is 59.6 cm³/mol. The van der Waals surface area contributed by atoms with Crippen LogP contribution in [0.3, 0.4) is 0 Å². The monoisotopic (exact) mass is 240 g/mol. The lowest BCUT2D eigenvalue weighted by molar-refractivity contribution is -0.135. The van der Waals surface area contributed by atoms with Crippen molar-refractivity contribution in [1.82, 2.24) is 25.2 Å². The van der Waals surface area contributed by atoms with Gasteiger partial charge in [0, 0.05) is 20.6 Å². The first kappa shape index (κ1) is 13.1. The average Bonchev–Trinajstić information content (AvgIpc) is 2.76. The van der Waals surface area contributed by atoms with Gasteiger partial charge in [-0.15, -0.1) is 5.10 Å². The molecule has 1 aromatic rings. The van der Waals surface area contributed by atoms with Crippen LogP contribution in [0, 0.1) is 0 Å². The molecular formula is C9H16N6O2. The van der Waals surface area contributed by atoms with Gasteiger partial charge in [0.1, 0.15) is 6.54 Å². The summed E-state index contributed by atoms with van der Waals surface area (Å²) >= 11 is 0. The molecule has 0 saturated carbocycles. The standard InChI is InChI=1S/C9H16N6O2/c1-11-8(16)5-14(2)9(17)6-15-4-7(3-10)12-13-15/h4H,3,5-6,10H2,1-2H3,(H,11,16). The molecule has 0 unspecified atom stereocenters. The fourth-order valence-corrected chi connectivity index (χ4v) is 1.15. The number of hydrogen-bond acceptors (Lipinski definition) is 5. The Balaban J connectivity index is 2.50. The fourth-order valence-electron chi connectivity index (χ4n) is 1.15. The van der Waals surface area contributed by atoms with E-state index in [1.54, 1.807) is 13.2 Å². The molecule has 1 rings (SSSR count). The summed E-state index contributed by atoms with van der Waals surface area (Å²) in [5, 5.41) is 9.95. The molecular weight excluding hydrogens is 224 g/mol. The lowest BCUT2D eigenvalue weighted by Gasteiger charge is -2.15. The topological polar surface area (TPSA) is 106 Å². The summed E-state index contributed by atoms with van der Waals surface area (Å²) in [6, 6.07) is 0. The van der Waals surface area contributed by atoms with Gasteiger partial charge < -0.3 is 16.0 Å². The van der Waals surface area contributed by atoms with Crippen LogP contribution in [0.25, 0.3) is 0 Å². The van der Waals surface area contributed by atoms with Crippen LogP contribution in [-0.2, 0) is 22.7 Å². The number of carbonyl (C=O) groups is 2. The SMILES string of the molecule is CNC(=O)CN(C)C(=O)Cn1cc(CN)nn1. The minimum absolute atomic E-state index is 0.0216. The van der Waals surface area contributed by atoms with Crippen molar-refractivity contribution in [2.75, 3.05) is 20.6 Å². The Hall–Kier alpha value is -1.96. The summed E-state index contributed by atoms with van der Waals surface area (Å²) < 4.78 is 1.39. The number of nitrogens with two attached hydrogens (primary N) is 1. The minimum atomic E-state index is -0.220. The van der Waals surface area contributed by atoms with Crippen LogP contribution in [0.1, 0.15) is 5.69 Å². The molecule has 3 N–H and O–H groups in total. The van der Waals surface area contributed by atoms with E-state index in [-0.39, 0.29) is 31.4 Å². The number of rotatable bonds is 5. The van der Waals surface area contributed by atoms with Crippen LogP contribution in [0.5, 0.6) is 0 Å². The van der Waals surface area contributed by atoms with Crippen LogP contribution >= 0.6 is 0 Å². The van der Waals surface area contributed by atoms with E-state index in [0.717, 1.165) is 0 Å². The van der Waals surface area contributed by atoms with E-state index in [1.807, 2.05) is 0 Å². The summed E-state index contributed by atoms with van der Waals surface area (Å²) in [6.07, 6.45) is 1.60. The van der Waals surface area contributed by atoms with Crippen LogP contribution in [0.15, 0.2) is 6.20 Å². The summed E-state index contributed by atoms with van der Waals surface area (Å²) in [7, 11) is 3.07. The van der Waals surface area contributed by atoms with Crippen LogP contribution in [0.2, 0.25) is 0 Å². The molecule has 17 heavy (non-hydrogen) atoms. The lowest BCUT2D eigenvalue weighted by Crippen LogP contribution is -2.38. The highest BCUT2D eigenvalue weighted by molar-refractivity contribution is 5.84. The predicted octanol–water partition coefficient (Wildman–Crippen LogP) is -2.06. The van der Waals surface area contributed by atoms with Gasteiger partial charge in [0.05, 0.1) is 18.4 Å². The zero-order valence-corrected chi connectivity index (χ0v) is 9.88. The minimum Gasteiger partial charge on any atom is -0.358 e. The largest absolute Gasteiger partial charge is 0.358 e. The van der Waals surface area contributed by atoms with Crippen molar-refractivity contribution in [3.05, 3.63) is 11.9 Å². The van der Waals surface area contributed by atoms with E-state index >= 15 is 0 Å². The van der Waals surface area contributed by atoms with Crippen molar-refractivity contribution in [3.8, 4) is 0 Å². The Kier molecular flexibility index (Phi) is 4.58. The van der Waals surface area contributed by atoms with Crippen LogP contribution in [0.4, 0.5) is 0 Å². The molecule has 1 aromatic heterocycles. The lowest BCUT2D eigenvalue weighted by atomic mass is 10.4. The smallest absolute Gasteiger partial charge is 0.244 e. The molecule has 1 heterocycles. The second-order valence-corrected chi connectivity index (χ2v) is 3.53. The zero-order chi connectivity index (χ0) is 12.8. The fraction of sp³-hybridized carbons (Fsp3) is 0.556. The van der Waals surface area contributed by atoms with Gasteiger partial charge >= 0.3 is 0 Å². The Morgan fingerprint density at radius 1 is 1.59 bits per heavy atom. The molecule has 8 nitrogen and oxygen atoms in total. The highest BCUT2D eigenvalue weighted by Crippen LogP contribution is 1.93.